The Morgan fingerprint density at radius 3 is 2.68 bits per heavy atom. The van der Waals surface area contributed by atoms with Crippen molar-refractivity contribution < 1.29 is 4.74 Å². The van der Waals surface area contributed by atoms with Crippen molar-refractivity contribution in [2.24, 2.45) is 10.4 Å². The number of aromatic nitrogens is 3. The third-order valence-corrected chi connectivity index (χ3v) is 5.56. The number of guanidine groups is 1. The molecule has 0 spiro atoms. The summed E-state index contributed by atoms with van der Waals surface area (Å²) in [6, 6.07) is 0.348. The van der Waals surface area contributed by atoms with E-state index in [4.69, 9.17) is 9.73 Å². The SMILES string of the molecule is CCNC(=NCCn1cnnc1CC)NC1CC(C)(OC)C1(C)C.I. The molecule has 1 aromatic heterocycles. The zero-order valence-electron chi connectivity index (χ0n) is 16.3. The Labute approximate surface area is 168 Å². The van der Waals surface area contributed by atoms with Crippen LogP contribution in [-0.2, 0) is 17.7 Å². The van der Waals surface area contributed by atoms with E-state index in [9.17, 15) is 0 Å². The van der Waals surface area contributed by atoms with E-state index in [0.717, 1.165) is 37.7 Å². The fourth-order valence-electron chi connectivity index (χ4n) is 3.22. The van der Waals surface area contributed by atoms with Crippen LogP contribution in [0.3, 0.4) is 0 Å². The normalized spacial score (nSPS) is 25.0. The maximum atomic E-state index is 5.70. The summed E-state index contributed by atoms with van der Waals surface area (Å²) < 4.78 is 7.76. The molecule has 25 heavy (non-hydrogen) atoms. The van der Waals surface area contributed by atoms with Crippen molar-refractivity contribution in [1.82, 2.24) is 25.4 Å². The topological polar surface area (TPSA) is 76.4 Å². The lowest BCUT2D eigenvalue weighted by Crippen LogP contribution is -2.69. The number of hydrogen-bond acceptors (Lipinski definition) is 4. The van der Waals surface area contributed by atoms with Crippen LogP contribution in [0.25, 0.3) is 0 Å². The first-order valence-corrected chi connectivity index (χ1v) is 8.84. The first kappa shape index (κ1) is 22.1. The van der Waals surface area contributed by atoms with Crippen LogP contribution in [0.15, 0.2) is 11.3 Å². The van der Waals surface area contributed by atoms with E-state index in [1.54, 1.807) is 13.4 Å². The van der Waals surface area contributed by atoms with Crippen molar-refractivity contribution in [2.45, 2.75) is 65.6 Å². The summed E-state index contributed by atoms with van der Waals surface area (Å²) in [6.07, 6.45) is 3.63. The predicted molar refractivity (Wildman–Crippen MR) is 112 cm³/mol. The minimum atomic E-state index is -0.0828. The molecule has 1 aromatic rings. The third kappa shape index (κ3) is 4.64. The maximum Gasteiger partial charge on any atom is 0.191 e. The number of hydrogen-bond donors (Lipinski definition) is 2. The van der Waals surface area contributed by atoms with Gasteiger partial charge in [0.05, 0.1) is 12.1 Å². The molecule has 2 N–H and O–H groups in total. The van der Waals surface area contributed by atoms with Gasteiger partial charge in [-0.2, -0.15) is 0 Å². The van der Waals surface area contributed by atoms with Crippen LogP contribution in [-0.4, -0.2) is 52.6 Å². The van der Waals surface area contributed by atoms with E-state index < -0.39 is 0 Å². The first-order chi connectivity index (χ1) is 11.4. The van der Waals surface area contributed by atoms with Gasteiger partial charge in [0.1, 0.15) is 12.2 Å². The van der Waals surface area contributed by atoms with Gasteiger partial charge in [0, 0.05) is 38.1 Å². The van der Waals surface area contributed by atoms with Crippen molar-refractivity contribution in [3.05, 3.63) is 12.2 Å². The Morgan fingerprint density at radius 2 is 2.12 bits per heavy atom. The zero-order chi connectivity index (χ0) is 17.8. The number of aliphatic imine (C=N–C) groups is 1. The Bertz CT molecular complexity index is 573. The molecular weight excluding hydrogens is 431 g/mol. The predicted octanol–water partition coefficient (Wildman–Crippen LogP) is 2.22. The summed E-state index contributed by atoms with van der Waals surface area (Å²) in [6.45, 7) is 13.1. The summed E-state index contributed by atoms with van der Waals surface area (Å²) in [7, 11) is 1.79. The number of nitrogens with zero attached hydrogens (tertiary/aromatic N) is 4. The summed E-state index contributed by atoms with van der Waals surface area (Å²) in [5.74, 6) is 1.86. The van der Waals surface area contributed by atoms with E-state index in [1.807, 2.05) is 0 Å². The average Bonchev–Trinajstić information content (AvgIpc) is 3.01. The molecule has 0 saturated heterocycles. The summed E-state index contributed by atoms with van der Waals surface area (Å²) >= 11 is 0. The summed E-state index contributed by atoms with van der Waals surface area (Å²) in [5, 5.41) is 15.0. The minimum absolute atomic E-state index is 0. The summed E-state index contributed by atoms with van der Waals surface area (Å²) in [5.41, 5.74) is -0.0257. The highest BCUT2D eigenvalue weighted by Gasteiger charge is 2.58. The highest BCUT2D eigenvalue weighted by molar-refractivity contribution is 14.0. The Kier molecular flexibility index (Phi) is 8.11. The third-order valence-electron chi connectivity index (χ3n) is 5.56. The fraction of sp³-hybridized carbons (Fsp3) is 0.824. The molecule has 7 nitrogen and oxygen atoms in total. The number of aryl methyl sites for hydroxylation is 1. The summed E-state index contributed by atoms with van der Waals surface area (Å²) in [4.78, 5) is 4.70. The number of methoxy groups -OCH3 is 1. The van der Waals surface area contributed by atoms with Gasteiger partial charge in [0.2, 0.25) is 0 Å². The lowest BCUT2D eigenvalue weighted by molar-refractivity contribution is -0.176. The molecule has 0 radical (unpaired) electrons. The molecule has 2 rings (SSSR count). The molecule has 1 aliphatic carbocycles. The molecule has 144 valence electrons. The lowest BCUT2D eigenvalue weighted by atomic mass is 9.56. The van der Waals surface area contributed by atoms with E-state index >= 15 is 0 Å². The van der Waals surface area contributed by atoms with Crippen molar-refractivity contribution in [3.63, 3.8) is 0 Å². The Morgan fingerprint density at radius 1 is 1.40 bits per heavy atom. The quantitative estimate of drug-likeness (QED) is 0.368. The van der Waals surface area contributed by atoms with Crippen LogP contribution < -0.4 is 10.6 Å². The van der Waals surface area contributed by atoms with Crippen LogP contribution in [0.4, 0.5) is 0 Å². The first-order valence-electron chi connectivity index (χ1n) is 8.84. The molecule has 0 aliphatic heterocycles. The molecule has 0 amide bonds. The molecule has 0 aromatic carbocycles. The van der Waals surface area contributed by atoms with Gasteiger partial charge in [0.25, 0.3) is 0 Å². The van der Waals surface area contributed by atoms with Crippen LogP contribution in [0.5, 0.6) is 0 Å². The van der Waals surface area contributed by atoms with Crippen LogP contribution in [0.2, 0.25) is 0 Å². The van der Waals surface area contributed by atoms with E-state index in [1.165, 1.54) is 0 Å². The van der Waals surface area contributed by atoms with Crippen LogP contribution in [0, 0.1) is 5.41 Å². The van der Waals surface area contributed by atoms with Crippen LogP contribution >= 0.6 is 24.0 Å². The molecule has 1 fully saturated rings. The number of rotatable bonds is 7. The monoisotopic (exact) mass is 464 g/mol. The van der Waals surface area contributed by atoms with Gasteiger partial charge in [-0.15, -0.1) is 34.2 Å². The number of ether oxygens (including phenoxy) is 1. The van der Waals surface area contributed by atoms with Crippen molar-refractivity contribution in [3.8, 4) is 0 Å². The van der Waals surface area contributed by atoms with E-state index in [-0.39, 0.29) is 35.0 Å². The van der Waals surface area contributed by atoms with Crippen molar-refractivity contribution in [2.75, 3.05) is 20.2 Å². The maximum absolute atomic E-state index is 5.70. The number of halogens is 1. The van der Waals surface area contributed by atoms with Crippen molar-refractivity contribution in [1.29, 1.82) is 0 Å². The second-order valence-electron chi connectivity index (χ2n) is 7.11. The number of nitrogens with one attached hydrogen (secondary N) is 2. The second kappa shape index (κ2) is 9.16. The van der Waals surface area contributed by atoms with Gasteiger partial charge in [-0.1, -0.05) is 20.8 Å². The standard InChI is InChI=1S/C17H32N6O.HI/c1-7-14-22-20-12-23(14)10-9-19-15(18-8-2)21-13-11-17(5,24-6)16(13,3)4;/h12-13H,7-11H2,1-6H3,(H2,18,19,21);1H. The second-order valence-corrected chi connectivity index (χ2v) is 7.11. The average molecular weight is 464 g/mol. The molecule has 1 saturated carbocycles. The van der Waals surface area contributed by atoms with Gasteiger partial charge in [-0.05, 0) is 20.3 Å². The molecule has 2 unspecified atom stereocenters. The minimum Gasteiger partial charge on any atom is -0.378 e. The molecule has 1 aliphatic rings. The van der Waals surface area contributed by atoms with Crippen molar-refractivity contribution >= 4 is 29.9 Å². The Hall–Kier alpha value is -0.900. The Balaban J connectivity index is 0.00000312. The van der Waals surface area contributed by atoms with Gasteiger partial charge in [0.15, 0.2) is 5.96 Å². The van der Waals surface area contributed by atoms with Gasteiger partial charge >= 0.3 is 0 Å². The van der Waals surface area contributed by atoms with Crippen LogP contribution in [0.1, 0.15) is 46.9 Å². The van der Waals surface area contributed by atoms with E-state index in [0.29, 0.717) is 12.6 Å². The van der Waals surface area contributed by atoms with E-state index in [2.05, 4.69) is 60.0 Å². The molecule has 0 bridgehead atoms. The highest BCUT2D eigenvalue weighted by Crippen LogP contribution is 2.51. The molecule has 2 atom stereocenters. The smallest absolute Gasteiger partial charge is 0.191 e. The highest BCUT2D eigenvalue weighted by atomic mass is 127. The fourth-order valence-corrected chi connectivity index (χ4v) is 3.22. The zero-order valence-corrected chi connectivity index (χ0v) is 18.6. The largest absolute Gasteiger partial charge is 0.378 e. The van der Waals surface area contributed by atoms with Gasteiger partial charge in [-0.3, -0.25) is 4.99 Å². The molecular formula is C17H33IN6O. The molecule has 1 heterocycles. The van der Waals surface area contributed by atoms with Gasteiger partial charge < -0.3 is 19.9 Å². The van der Waals surface area contributed by atoms with Gasteiger partial charge in [-0.25, -0.2) is 0 Å². The molecule has 8 heteroatoms. The lowest BCUT2D eigenvalue weighted by Gasteiger charge is -2.59.